The van der Waals surface area contributed by atoms with Crippen LogP contribution in [0.4, 0.5) is 0 Å². The molecular weight excluding hydrogens is 777 g/mol. The molecule has 0 amide bonds. The van der Waals surface area contributed by atoms with Gasteiger partial charge in [-0.1, -0.05) is 182 Å². The maximum absolute atomic E-state index is 10.4. The number of pyridine rings is 2. The molecule has 2 heterocycles. The molecule has 0 radical (unpaired) electrons. The average Bonchev–Trinajstić information content (AvgIpc) is 3.39. The van der Waals surface area contributed by atoms with Crippen LogP contribution in [0.15, 0.2) is 231 Å². The molecule has 0 saturated heterocycles. The zero-order valence-electron chi connectivity index (χ0n) is 34.7. The molecule has 4 nitrogen and oxygen atoms in total. The second-order valence-electron chi connectivity index (χ2n) is 15.5. The summed E-state index contributed by atoms with van der Waals surface area (Å²) < 4.78 is 0. The van der Waals surface area contributed by atoms with Gasteiger partial charge in [-0.15, -0.1) is 0 Å². The monoisotopic (exact) mass is 814 g/mol. The van der Waals surface area contributed by atoms with Crippen molar-refractivity contribution in [2.75, 3.05) is 0 Å². The summed E-state index contributed by atoms with van der Waals surface area (Å²) in [4.78, 5) is 10.6. The van der Waals surface area contributed by atoms with Gasteiger partial charge >= 0.3 is 0 Å². The quantitative estimate of drug-likeness (QED) is 0.145. The zero-order valence-corrected chi connectivity index (χ0v) is 34.7. The van der Waals surface area contributed by atoms with E-state index < -0.39 is 0 Å². The highest BCUT2D eigenvalue weighted by molar-refractivity contribution is 6.01. The normalized spacial score (nSPS) is 10.8. The lowest BCUT2D eigenvalue weighted by atomic mass is 9.83. The van der Waals surface area contributed by atoms with E-state index in [9.17, 15) is 10.5 Å². The van der Waals surface area contributed by atoms with Gasteiger partial charge in [-0.3, -0.25) is 0 Å². The molecule has 4 heteroatoms. The summed E-state index contributed by atoms with van der Waals surface area (Å²) in [6.07, 6.45) is 0. The van der Waals surface area contributed by atoms with Crippen LogP contribution in [0.1, 0.15) is 11.1 Å². The van der Waals surface area contributed by atoms with Crippen LogP contribution in [0, 0.1) is 22.7 Å². The Labute approximate surface area is 373 Å². The smallest absolute Gasteiger partial charge is 0.0991 e. The average molecular weight is 815 g/mol. The van der Waals surface area contributed by atoms with Crippen molar-refractivity contribution in [2.24, 2.45) is 0 Å². The van der Waals surface area contributed by atoms with Gasteiger partial charge in [0, 0.05) is 33.4 Å². The summed E-state index contributed by atoms with van der Waals surface area (Å²) in [7, 11) is 0. The maximum atomic E-state index is 10.4. The van der Waals surface area contributed by atoms with E-state index in [1.54, 1.807) is 0 Å². The predicted octanol–water partition coefficient (Wildman–Crippen LogP) is 15.2. The molecule has 64 heavy (non-hydrogen) atoms. The Kier molecular flexibility index (Phi) is 10.8. The summed E-state index contributed by atoms with van der Waals surface area (Å²) in [5, 5.41) is 20.8. The number of benzene rings is 8. The lowest BCUT2D eigenvalue weighted by molar-refractivity contribution is 1.32. The zero-order chi connectivity index (χ0) is 43.2. The molecule has 0 saturated carbocycles. The molecule has 0 aliphatic rings. The van der Waals surface area contributed by atoms with Crippen molar-refractivity contribution < 1.29 is 0 Å². The molecule has 2 aromatic heterocycles. The lowest BCUT2D eigenvalue weighted by Gasteiger charge is -2.21. The van der Waals surface area contributed by atoms with E-state index in [1.807, 2.05) is 121 Å². The summed E-state index contributed by atoms with van der Waals surface area (Å²) in [6.45, 7) is 0. The molecule has 8 aromatic carbocycles. The Hall–Kier alpha value is -8.96. The van der Waals surface area contributed by atoms with Crippen LogP contribution in [-0.4, -0.2) is 9.97 Å². The standard InChI is InChI=1S/C60H38N4/c61-39-41-29-31-51(47-25-13-15-27-49(47)53-33-35-57(43-17-5-1-6-18-43)63-59(53)45-21-9-3-10-22-45)55(37-41)56-38-42(40-62)30-32-52(56)48-26-14-16-28-50(48)54-34-36-58(44-19-7-2-8-20-44)64-60(54)46-23-11-4-12-24-46/h1-38H. The SMILES string of the molecule is N#Cc1ccc(-c2ccccc2-c2ccc(-c3ccccc3)nc2-c2ccccc2)c(-c2cc(C#N)ccc2-c2ccccc2-c2ccc(-c3ccccc3)nc2-c2ccccc2)c1. The number of aromatic nitrogens is 2. The Bertz CT molecular complexity index is 3150. The minimum Gasteiger partial charge on any atom is -0.247 e. The predicted molar refractivity (Wildman–Crippen MR) is 260 cm³/mol. The molecule has 0 unspecified atom stereocenters. The van der Waals surface area contributed by atoms with Crippen molar-refractivity contribution in [2.45, 2.75) is 0 Å². The maximum Gasteiger partial charge on any atom is 0.0991 e. The first kappa shape index (κ1) is 39.2. The van der Waals surface area contributed by atoms with Gasteiger partial charge in [0.15, 0.2) is 0 Å². The number of hydrogen-bond donors (Lipinski definition) is 0. The molecule has 0 aliphatic heterocycles. The third-order valence-electron chi connectivity index (χ3n) is 11.6. The van der Waals surface area contributed by atoms with E-state index in [1.165, 1.54) is 0 Å². The summed E-state index contributed by atoms with van der Waals surface area (Å²) >= 11 is 0. The molecular formula is C60H38N4. The van der Waals surface area contributed by atoms with Crippen molar-refractivity contribution >= 4 is 0 Å². The van der Waals surface area contributed by atoms with Gasteiger partial charge in [0.05, 0.1) is 46.0 Å². The first-order valence-corrected chi connectivity index (χ1v) is 21.2. The summed E-state index contributed by atoms with van der Waals surface area (Å²) in [5.74, 6) is 0. The number of rotatable bonds is 9. The highest BCUT2D eigenvalue weighted by Gasteiger charge is 2.22. The second kappa shape index (κ2) is 17.6. The molecule has 0 spiro atoms. The molecule has 10 aromatic rings. The summed E-state index contributed by atoms with van der Waals surface area (Å²) in [5.41, 5.74) is 18.1. The second-order valence-corrected chi connectivity index (χ2v) is 15.5. The van der Waals surface area contributed by atoms with Crippen molar-refractivity contribution in [3.63, 3.8) is 0 Å². The Morgan fingerprint density at radius 3 is 0.875 bits per heavy atom. The number of nitriles is 2. The molecule has 0 bridgehead atoms. The van der Waals surface area contributed by atoms with E-state index in [0.717, 1.165) is 101 Å². The summed E-state index contributed by atoms with van der Waals surface area (Å²) in [6, 6.07) is 82.9. The van der Waals surface area contributed by atoms with E-state index in [2.05, 4.69) is 121 Å². The number of hydrogen-bond acceptors (Lipinski definition) is 4. The van der Waals surface area contributed by atoms with Crippen molar-refractivity contribution in [3.05, 3.63) is 242 Å². The third-order valence-corrected chi connectivity index (χ3v) is 11.6. The van der Waals surface area contributed by atoms with Gasteiger partial charge < -0.3 is 0 Å². The van der Waals surface area contributed by atoms with Gasteiger partial charge in [0.2, 0.25) is 0 Å². The highest BCUT2D eigenvalue weighted by Crippen LogP contribution is 2.47. The molecule has 10 rings (SSSR count). The molecule has 0 N–H and O–H groups in total. The van der Waals surface area contributed by atoms with Crippen LogP contribution in [0.3, 0.4) is 0 Å². The van der Waals surface area contributed by atoms with Crippen LogP contribution >= 0.6 is 0 Å². The third kappa shape index (κ3) is 7.65. The van der Waals surface area contributed by atoms with E-state index in [4.69, 9.17) is 9.97 Å². The Morgan fingerprint density at radius 1 is 0.250 bits per heavy atom. The van der Waals surface area contributed by atoms with Crippen molar-refractivity contribution in [3.8, 4) is 113 Å². The fourth-order valence-electron chi connectivity index (χ4n) is 8.57. The Morgan fingerprint density at radius 2 is 0.531 bits per heavy atom. The van der Waals surface area contributed by atoms with E-state index in [-0.39, 0.29) is 0 Å². The number of nitrogens with zero attached hydrogens (tertiary/aromatic N) is 4. The van der Waals surface area contributed by atoms with Gasteiger partial charge in [-0.2, -0.15) is 10.5 Å². The minimum atomic E-state index is 0.517. The van der Waals surface area contributed by atoms with Gasteiger partial charge in [-0.25, -0.2) is 9.97 Å². The van der Waals surface area contributed by atoms with E-state index in [0.29, 0.717) is 11.1 Å². The topological polar surface area (TPSA) is 73.4 Å². The fraction of sp³-hybridized carbons (Fsp3) is 0. The molecule has 298 valence electrons. The van der Waals surface area contributed by atoms with Gasteiger partial charge in [0.25, 0.3) is 0 Å². The van der Waals surface area contributed by atoms with Crippen molar-refractivity contribution in [1.29, 1.82) is 10.5 Å². The highest BCUT2D eigenvalue weighted by atomic mass is 14.7. The van der Waals surface area contributed by atoms with Gasteiger partial charge in [-0.05, 0) is 93.0 Å². The van der Waals surface area contributed by atoms with E-state index >= 15 is 0 Å². The molecule has 0 fully saturated rings. The minimum absolute atomic E-state index is 0.517. The van der Waals surface area contributed by atoms with Crippen LogP contribution < -0.4 is 0 Å². The molecule has 0 atom stereocenters. The van der Waals surface area contributed by atoms with Crippen LogP contribution in [0.5, 0.6) is 0 Å². The van der Waals surface area contributed by atoms with Crippen LogP contribution in [0.2, 0.25) is 0 Å². The fourth-order valence-corrected chi connectivity index (χ4v) is 8.57. The first-order chi connectivity index (χ1) is 31.7. The lowest BCUT2D eigenvalue weighted by Crippen LogP contribution is -1.97. The largest absolute Gasteiger partial charge is 0.247 e. The van der Waals surface area contributed by atoms with Crippen LogP contribution in [0.25, 0.3) is 101 Å². The van der Waals surface area contributed by atoms with Crippen LogP contribution in [-0.2, 0) is 0 Å². The van der Waals surface area contributed by atoms with Crippen molar-refractivity contribution in [1.82, 2.24) is 9.97 Å². The first-order valence-electron chi connectivity index (χ1n) is 21.2. The molecule has 0 aliphatic carbocycles. The van der Waals surface area contributed by atoms with Gasteiger partial charge in [0.1, 0.15) is 0 Å². The Balaban J connectivity index is 1.18.